The van der Waals surface area contributed by atoms with E-state index in [1.165, 1.54) is 18.2 Å². The van der Waals surface area contributed by atoms with Gasteiger partial charge in [0.2, 0.25) is 0 Å². The highest BCUT2D eigenvalue weighted by molar-refractivity contribution is 6.30. The molecule has 0 atom stereocenters. The van der Waals surface area contributed by atoms with Crippen molar-refractivity contribution < 1.29 is 18.6 Å². The Bertz CT molecular complexity index is 573. The first-order valence-electron chi connectivity index (χ1n) is 5.12. The summed E-state index contributed by atoms with van der Waals surface area (Å²) in [6, 6.07) is 7.42. The number of aliphatic hydroxyl groups excluding tert-OH is 1. The highest BCUT2D eigenvalue weighted by Crippen LogP contribution is 2.29. The van der Waals surface area contributed by atoms with E-state index in [9.17, 15) is 8.78 Å². The molecule has 0 aliphatic rings. The lowest BCUT2D eigenvalue weighted by molar-refractivity contribution is 0.276. The predicted molar refractivity (Wildman–Crippen MR) is 63.8 cm³/mol. The van der Waals surface area contributed by atoms with E-state index in [0.717, 1.165) is 18.2 Å². The molecular weight excluding hydrogens is 262 g/mol. The fourth-order valence-corrected chi connectivity index (χ4v) is 1.64. The van der Waals surface area contributed by atoms with Crippen molar-refractivity contribution in [2.24, 2.45) is 0 Å². The molecule has 0 saturated carbocycles. The van der Waals surface area contributed by atoms with Crippen LogP contribution < -0.4 is 4.74 Å². The average Bonchev–Trinajstić information content (AvgIpc) is 2.36. The third kappa shape index (κ3) is 2.78. The van der Waals surface area contributed by atoms with E-state index in [4.69, 9.17) is 21.4 Å². The van der Waals surface area contributed by atoms with Gasteiger partial charge < -0.3 is 9.84 Å². The fourth-order valence-electron chi connectivity index (χ4n) is 1.45. The van der Waals surface area contributed by atoms with Gasteiger partial charge in [-0.15, -0.1) is 0 Å². The predicted octanol–water partition coefficient (Wildman–Crippen LogP) is 3.90. The standard InChI is InChI=1S/C13H9ClF2O2/c14-9-1-4-12(8(5-9)7-17)18-13-6-10(15)2-3-11(13)16/h1-6,17H,7H2. The lowest BCUT2D eigenvalue weighted by Crippen LogP contribution is -1.94. The van der Waals surface area contributed by atoms with E-state index in [2.05, 4.69) is 0 Å². The van der Waals surface area contributed by atoms with E-state index < -0.39 is 11.6 Å². The molecule has 0 radical (unpaired) electrons. The molecule has 2 nitrogen and oxygen atoms in total. The van der Waals surface area contributed by atoms with Crippen LogP contribution in [0.15, 0.2) is 36.4 Å². The zero-order valence-electron chi connectivity index (χ0n) is 9.16. The maximum atomic E-state index is 13.4. The molecule has 2 aromatic carbocycles. The maximum Gasteiger partial charge on any atom is 0.165 e. The van der Waals surface area contributed by atoms with Crippen molar-refractivity contribution in [2.75, 3.05) is 0 Å². The first-order valence-corrected chi connectivity index (χ1v) is 5.50. The van der Waals surface area contributed by atoms with Gasteiger partial charge in [-0.25, -0.2) is 8.78 Å². The van der Waals surface area contributed by atoms with E-state index in [1.807, 2.05) is 0 Å². The lowest BCUT2D eigenvalue weighted by Gasteiger charge is -2.10. The smallest absolute Gasteiger partial charge is 0.165 e. The van der Waals surface area contributed by atoms with Gasteiger partial charge >= 0.3 is 0 Å². The minimum atomic E-state index is -0.685. The SMILES string of the molecule is OCc1cc(Cl)ccc1Oc1cc(F)ccc1F. The van der Waals surface area contributed by atoms with Gasteiger partial charge in [-0.05, 0) is 30.3 Å². The molecule has 0 spiro atoms. The summed E-state index contributed by atoms with van der Waals surface area (Å²) >= 11 is 5.75. The maximum absolute atomic E-state index is 13.4. The van der Waals surface area contributed by atoms with Gasteiger partial charge in [0.1, 0.15) is 11.6 Å². The Morgan fingerprint density at radius 1 is 1.06 bits per heavy atom. The summed E-state index contributed by atoms with van der Waals surface area (Å²) in [5.74, 6) is -1.31. The molecule has 0 unspecified atom stereocenters. The second-order valence-electron chi connectivity index (χ2n) is 3.59. The topological polar surface area (TPSA) is 29.5 Å². The van der Waals surface area contributed by atoms with Crippen LogP contribution in [0.1, 0.15) is 5.56 Å². The van der Waals surface area contributed by atoms with E-state index in [-0.39, 0.29) is 18.1 Å². The molecule has 0 bridgehead atoms. The van der Waals surface area contributed by atoms with E-state index in [0.29, 0.717) is 10.6 Å². The third-order valence-electron chi connectivity index (χ3n) is 2.31. The number of aliphatic hydroxyl groups is 1. The van der Waals surface area contributed by atoms with Crippen molar-refractivity contribution >= 4 is 11.6 Å². The molecule has 0 saturated heterocycles. The van der Waals surface area contributed by atoms with Crippen molar-refractivity contribution in [3.8, 4) is 11.5 Å². The Morgan fingerprint density at radius 2 is 1.83 bits per heavy atom. The van der Waals surface area contributed by atoms with Gasteiger partial charge in [0.15, 0.2) is 11.6 Å². The number of hydrogen-bond acceptors (Lipinski definition) is 2. The van der Waals surface area contributed by atoms with E-state index in [1.54, 1.807) is 0 Å². The molecule has 0 fully saturated rings. The molecule has 2 rings (SSSR count). The van der Waals surface area contributed by atoms with Crippen molar-refractivity contribution in [3.05, 3.63) is 58.6 Å². The van der Waals surface area contributed by atoms with E-state index >= 15 is 0 Å². The number of ether oxygens (including phenoxy) is 1. The van der Waals surface area contributed by atoms with Crippen LogP contribution in [-0.2, 0) is 6.61 Å². The summed E-state index contributed by atoms with van der Waals surface area (Å²) in [5.41, 5.74) is 0.395. The molecule has 0 aliphatic carbocycles. The summed E-state index contributed by atoms with van der Waals surface area (Å²) in [6.07, 6.45) is 0. The molecule has 1 N–H and O–H groups in total. The molecule has 18 heavy (non-hydrogen) atoms. The Balaban J connectivity index is 2.36. The summed E-state index contributed by atoms with van der Waals surface area (Å²) in [4.78, 5) is 0. The van der Waals surface area contributed by atoms with Crippen LogP contribution in [-0.4, -0.2) is 5.11 Å². The first kappa shape index (κ1) is 12.8. The number of halogens is 3. The molecule has 0 heterocycles. The van der Waals surface area contributed by atoms with Crippen molar-refractivity contribution in [3.63, 3.8) is 0 Å². The molecule has 94 valence electrons. The van der Waals surface area contributed by atoms with Gasteiger partial charge in [0.25, 0.3) is 0 Å². The summed E-state index contributed by atoms with van der Waals surface area (Å²) in [7, 11) is 0. The van der Waals surface area contributed by atoms with Crippen molar-refractivity contribution in [2.45, 2.75) is 6.61 Å². The Hall–Kier alpha value is -1.65. The number of rotatable bonds is 3. The van der Waals surface area contributed by atoms with Crippen LogP contribution in [0.5, 0.6) is 11.5 Å². The molecule has 0 aromatic heterocycles. The highest BCUT2D eigenvalue weighted by Gasteiger charge is 2.10. The first-order chi connectivity index (χ1) is 8.60. The van der Waals surface area contributed by atoms with Crippen LogP contribution >= 0.6 is 11.6 Å². The Labute approximate surface area is 107 Å². The lowest BCUT2D eigenvalue weighted by atomic mass is 10.2. The van der Waals surface area contributed by atoms with Gasteiger partial charge in [-0.3, -0.25) is 0 Å². The van der Waals surface area contributed by atoms with Gasteiger partial charge in [0, 0.05) is 16.7 Å². The molecule has 5 heteroatoms. The second-order valence-corrected chi connectivity index (χ2v) is 4.02. The average molecular weight is 271 g/mol. The Kier molecular flexibility index (Phi) is 3.79. The van der Waals surface area contributed by atoms with Crippen LogP contribution in [0, 0.1) is 11.6 Å². The molecule has 0 aliphatic heterocycles. The molecule has 0 amide bonds. The summed E-state index contributed by atoms with van der Waals surface area (Å²) in [5, 5.41) is 9.56. The largest absolute Gasteiger partial charge is 0.454 e. The van der Waals surface area contributed by atoms with Gasteiger partial charge in [0.05, 0.1) is 6.61 Å². The van der Waals surface area contributed by atoms with Gasteiger partial charge in [-0.2, -0.15) is 0 Å². The van der Waals surface area contributed by atoms with Crippen LogP contribution in [0.3, 0.4) is 0 Å². The zero-order chi connectivity index (χ0) is 13.1. The normalized spacial score (nSPS) is 10.4. The van der Waals surface area contributed by atoms with Crippen molar-refractivity contribution in [1.82, 2.24) is 0 Å². The number of benzene rings is 2. The summed E-state index contributed by atoms with van der Waals surface area (Å²) < 4.78 is 31.6. The minimum absolute atomic E-state index is 0.228. The third-order valence-corrected chi connectivity index (χ3v) is 2.54. The second kappa shape index (κ2) is 5.33. The molecule has 2 aromatic rings. The fraction of sp³-hybridized carbons (Fsp3) is 0.0769. The summed E-state index contributed by atoms with van der Waals surface area (Å²) in [6.45, 7) is -0.313. The monoisotopic (exact) mass is 270 g/mol. The van der Waals surface area contributed by atoms with Gasteiger partial charge in [-0.1, -0.05) is 11.6 Å². The highest BCUT2D eigenvalue weighted by atomic mass is 35.5. The quantitative estimate of drug-likeness (QED) is 0.916. The van der Waals surface area contributed by atoms with Crippen molar-refractivity contribution in [1.29, 1.82) is 0 Å². The van der Waals surface area contributed by atoms with Crippen LogP contribution in [0.25, 0.3) is 0 Å². The zero-order valence-corrected chi connectivity index (χ0v) is 9.92. The molecular formula is C13H9ClF2O2. The minimum Gasteiger partial charge on any atom is -0.454 e. The van der Waals surface area contributed by atoms with Crippen LogP contribution in [0.2, 0.25) is 5.02 Å². The number of hydrogen-bond donors (Lipinski definition) is 1. The van der Waals surface area contributed by atoms with Crippen LogP contribution in [0.4, 0.5) is 8.78 Å². The Morgan fingerprint density at radius 3 is 2.56 bits per heavy atom.